The summed E-state index contributed by atoms with van der Waals surface area (Å²) in [5.74, 6) is 0.334. The van der Waals surface area contributed by atoms with Crippen molar-refractivity contribution in [1.29, 1.82) is 0 Å². The van der Waals surface area contributed by atoms with Crippen molar-refractivity contribution in [1.82, 2.24) is 0 Å². The van der Waals surface area contributed by atoms with Crippen molar-refractivity contribution in [2.45, 2.75) is 32.8 Å². The number of halogens is 1. The molecular weight excluding hydrogens is 294 g/mol. The molecule has 0 bridgehead atoms. The summed E-state index contributed by atoms with van der Waals surface area (Å²) in [6, 6.07) is 7.74. The standard InChI is InChI=1S/C14H20BrNO2/c1-11(8-9-16)6-7-14(17)18-10-12-4-2-3-5-13(12)15/h2-5,11H,6-10,16H2,1H3. The Labute approximate surface area is 117 Å². The van der Waals surface area contributed by atoms with Gasteiger partial charge in [0.05, 0.1) is 0 Å². The molecule has 1 unspecified atom stereocenters. The maximum Gasteiger partial charge on any atom is 0.306 e. The van der Waals surface area contributed by atoms with Gasteiger partial charge in [-0.1, -0.05) is 41.1 Å². The molecule has 0 aliphatic carbocycles. The van der Waals surface area contributed by atoms with E-state index in [-0.39, 0.29) is 5.97 Å². The Kier molecular flexibility index (Phi) is 6.98. The van der Waals surface area contributed by atoms with Gasteiger partial charge in [-0.3, -0.25) is 4.79 Å². The average molecular weight is 314 g/mol. The minimum Gasteiger partial charge on any atom is -0.461 e. The van der Waals surface area contributed by atoms with Crippen LogP contribution in [0.2, 0.25) is 0 Å². The van der Waals surface area contributed by atoms with Crippen molar-refractivity contribution >= 4 is 21.9 Å². The number of rotatable bonds is 7. The van der Waals surface area contributed by atoms with E-state index in [4.69, 9.17) is 10.5 Å². The lowest BCUT2D eigenvalue weighted by atomic mass is 10.0. The van der Waals surface area contributed by atoms with E-state index >= 15 is 0 Å². The van der Waals surface area contributed by atoms with Crippen molar-refractivity contribution in [3.8, 4) is 0 Å². The first kappa shape index (κ1) is 15.2. The summed E-state index contributed by atoms with van der Waals surface area (Å²) in [6.45, 7) is 3.10. The van der Waals surface area contributed by atoms with Crippen LogP contribution in [0.15, 0.2) is 28.7 Å². The first-order chi connectivity index (χ1) is 8.63. The highest BCUT2D eigenvalue weighted by Crippen LogP contribution is 2.17. The zero-order valence-electron chi connectivity index (χ0n) is 10.7. The maximum atomic E-state index is 11.6. The van der Waals surface area contributed by atoms with Crippen LogP contribution in [-0.4, -0.2) is 12.5 Å². The molecule has 100 valence electrons. The normalized spacial score (nSPS) is 12.2. The molecule has 2 N–H and O–H groups in total. The van der Waals surface area contributed by atoms with Crippen molar-refractivity contribution in [2.75, 3.05) is 6.54 Å². The number of hydrogen-bond donors (Lipinski definition) is 1. The summed E-state index contributed by atoms with van der Waals surface area (Å²) in [5.41, 5.74) is 6.45. The van der Waals surface area contributed by atoms with E-state index in [0.29, 0.717) is 25.5 Å². The summed E-state index contributed by atoms with van der Waals surface area (Å²) in [6.07, 6.45) is 2.26. The molecule has 18 heavy (non-hydrogen) atoms. The van der Waals surface area contributed by atoms with Crippen LogP contribution < -0.4 is 5.73 Å². The van der Waals surface area contributed by atoms with E-state index in [1.807, 2.05) is 24.3 Å². The number of benzene rings is 1. The molecule has 0 heterocycles. The zero-order chi connectivity index (χ0) is 13.4. The van der Waals surface area contributed by atoms with Gasteiger partial charge < -0.3 is 10.5 Å². The molecule has 0 saturated carbocycles. The van der Waals surface area contributed by atoms with Crippen LogP contribution in [0.4, 0.5) is 0 Å². The fourth-order valence-electron chi connectivity index (χ4n) is 1.64. The Balaban J connectivity index is 2.27. The molecule has 0 aliphatic rings. The van der Waals surface area contributed by atoms with Gasteiger partial charge in [-0.25, -0.2) is 0 Å². The molecule has 1 atom stereocenters. The van der Waals surface area contributed by atoms with Crippen LogP contribution in [0.1, 0.15) is 31.7 Å². The highest BCUT2D eigenvalue weighted by molar-refractivity contribution is 9.10. The summed E-state index contributed by atoms with van der Waals surface area (Å²) in [7, 11) is 0. The third kappa shape index (κ3) is 5.65. The summed E-state index contributed by atoms with van der Waals surface area (Å²) >= 11 is 3.42. The lowest BCUT2D eigenvalue weighted by Gasteiger charge is -2.10. The van der Waals surface area contributed by atoms with Gasteiger partial charge in [0.15, 0.2) is 0 Å². The average Bonchev–Trinajstić information content (AvgIpc) is 2.36. The van der Waals surface area contributed by atoms with E-state index in [2.05, 4.69) is 22.9 Å². The van der Waals surface area contributed by atoms with Crippen LogP contribution in [-0.2, 0) is 16.1 Å². The second kappa shape index (κ2) is 8.27. The van der Waals surface area contributed by atoms with Gasteiger partial charge in [0.25, 0.3) is 0 Å². The smallest absolute Gasteiger partial charge is 0.306 e. The first-order valence-corrected chi connectivity index (χ1v) is 7.02. The SMILES string of the molecule is CC(CCN)CCC(=O)OCc1ccccc1Br. The number of ether oxygens (including phenoxy) is 1. The van der Waals surface area contributed by atoms with Gasteiger partial charge >= 0.3 is 5.97 Å². The second-order valence-corrected chi connectivity index (χ2v) is 5.33. The minimum absolute atomic E-state index is 0.144. The van der Waals surface area contributed by atoms with E-state index in [1.165, 1.54) is 0 Å². The van der Waals surface area contributed by atoms with Crippen LogP contribution >= 0.6 is 15.9 Å². The molecule has 0 spiro atoms. The highest BCUT2D eigenvalue weighted by atomic mass is 79.9. The van der Waals surface area contributed by atoms with Crippen molar-refractivity contribution in [3.63, 3.8) is 0 Å². The Morgan fingerprint density at radius 3 is 2.78 bits per heavy atom. The van der Waals surface area contributed by atoms with Crippen LogP contribution in [0.3, 0.4) is 0 Å². The Bertz CT molecular complexity index is 382. The Morgan fingerprint density at radius 1 is 1.39 bits per heavy atom. The van der Waals surface area contributed by atoms with Gasteiger partial charge in [-0.05, 0) is 31.4 Å². The predicted molar refractivity (Wildman–Crippen MR) is 76.0 cm³/mol. The van der Waals surface area contributed by atoms with Crippen LogP contribution in [0.5, 0.6) is 0 Å². The number of nitrogens with two attached hydrogens (primary N) is 1. The lowest BCUT2D eigenvalue weighted by Crippen LogP contribution is -2.10. The van der Waals surface area contributed by atoms with Gasteiger partial charge in [-0.2, -0.15) is 0 Å². The van der Waals surface area contributed by atoms with E-state index in [1.54, 1.807) is 0 Å². The van der Waals surface area contributed by atoms with Crippen LogP contribution in [0.25, 0.3) is 0 Å². The minimum atomic E-state index is -0.144. The van der Waals surface area contributed by atoms with E-state index < -0.39 is 0 Å². The number of carbonyl (C=O) groups is 1. The molecule has 0 amide bonds. The van der Waals surface area contributed by atoms with Gasteiger partial charge in [-0.15, -0.1) is 0 Å². The Hall–Kier alpha value is -0.870. The van der Waals surface area contributed by atoms with E-state index in [9.17, 15) is 4.79 Å². The van der Waals surface area contributed by atoms with Gasteiger partial charge in [0, 0.05) is 16.5 Å². The van der Waals surface area contributed by atoms with Gasteiger partial charge in [0.1, 0.15) is 6.61 Å². The third-order valence-corrected chi connectivity index (χ3v) is 3.62. The maximum absolute atomic E-state index is 11.6. The van der Waals surface area contributed by atoms with Crippen molar-refractivity contribution in [2.24, 2.45) is 11.7 Å². The largest absolute Gasteiger partial charge is 0.461 e. The lowest BCUT2D eigenvalue weighted by molar-refractivity contribution is -0.145. The topological polar surface area (TPSA) is 52.3 Å². The molecule has 0 saturated heterocycles. The highest BCUT2D eigenvalue weighted by Gasteiger charge is 2.08. The monoisotopic (exact) mass is 313 g/mol. The summed E-state index contributed by atoms with van der Waals surface area (Å²) in [4.78, 5) is 11.6. The molecule has 3 nitrogen and oxygen atoms in total. The fraction of sp³-hybridized carbons (Fsp3) is 0.500. The number of carbonyl (C=O) groups excluding carboxylic acids is 1. The molecule has 4 heteroatoms. The van der Waals surface area contributed by atoms with E-state index in [0.717, 1.165) is 22.9 Å². The van der Waals surface area contributed by atoms with Crippen molar-refractivity contribution < 1.29 is 9.53 Å². The quantitative estimate of drug-likeness (QED) is 0.786. The first-order valence-electron chi connectivity index (χ1n) is 6.22. The summed E-state index contributed by atoms with van der Waals surface area (Å²) in [5, 5.41) is 0. The molecule has 0 fully saturated rings. The van der Waals surface area contributed by atoms with Crippen LogP contribution in [0, 0.1) is 5.92 Å². The molecule has 1 aromatic rings. The second-order valence-electron chi connectivity index (χ2n) is 4.47. The summed E-state index contributed by atoms with van der Waals surface area (Å²) < 4.78 is 6.20. The third-order valence-electron chi connectivity index (χ3n) is 2.85. The molecule has 1 rings (SSSR count). The molecular formula is C14H20BrNO2. The molecule has 0 radical (unpaired) electrons. The molecule has 1 aromatic carbocycles. The number of esters is 1. The number of hydrogen-bond acceptors (Lipinski definition) is 3. The van der Waals surface area contributed by atoms with Gasteiger partial charge in [0.2, 0.25) is 0 Å². The Morgan fingerprint density at radius 2 is 2.11 bits per heavy atom. The molecule has 0 aliphatic heterocycles. The molecule has 0 aromatic heterocycles. The predicted octanol–water partition coefficient (Wildman–Crippen LogP) is 3.26. The zero-order valence-corrected chi connectivity index (χ0v) is 12.3. The van der Waals surface area contributed by atoms with Crippen molar-refractivity contribution in [3.05, 3.63) is 34.3 Å². The fourth-order valence-corrected chi connectivity index (χ4v) is 2.04.